The van der Waals surface area contributed by atoms with Crippen molar-refractivity contribution in [2.45, 2.75) is 25.8 Å². The highest BCUT2D eigenvalue weighted by Crippen LogP contribution is 2.45. The van der Waals surface area contributed by atoms with Gasteiger partial charge in [0.2, 0.25) is 0 Å². The maximum Gasteiger partial charge on any atom is 0.277 e. The highest BCUT2D eigenvalue weighted by molar-refractivity contribution is 5.85. The zero-order valence-electron chi connectivity index (χ0n) is 9.42. The second-order valence-corrected chi connectivity index (χ2v) is 4.28. The molecule has 0 amide bonds. The van der Waals surface area contributed by atoms with E-state index in [1.54, 1.807) is 6.92 Å². The second-order valence-electron chi connectivity index (χ2n) is 4.28. The van der Waals surface area contributed by atoms with Crippen molar-refractivity contribution in [2.75, 3.05) is 0 Å². The summed E-state index contributed by atoms with van der Waals surface area (Å²) in [7, 11) is 0. The lowest BCUT2D eigenvalue weighted by atomic mass is 9.98. The molecule has 2 rings (SSSR count). The molecule has 0 aliphatic heterocycles. The molecule has 1 aromatic rings. The number of halogens is 1. The van der Waals surface area contributed by atoms with Crippen LogP contribution < -0.4 is 5.73 Å². The van der Waals surface area contributed by atoms with Gasteiger partial charge in [-0.2, -0.15) is 0 Å². The standard InChI is InChI=1S/C11H14N2O3.ClH/c1-6-2-5-8(13(15)16)9(11(6)14)10(12)7-3-4-7;/h2,5,7,10,14H,3-4,12H2,1H3;1H/t10-;/m1./s1. The van der Waals surface area contributed by atoms with E-state index >= 15 is 0 Å². The van der Waals surface area contributed by atoms with Gasteiger partial charge in [-0.05, 0) is 37.3 Å². The van der Waals surface area contributed by atoms with E-state index in [4.69, 9.17) is 5.73 Å². The number of nitro groups is 1. The average molecular weight is 259 g/mol. The molecule has 1 aliphatic carbocycles. The third-order valence-corrected chi connectivity index (χ3v) is 3.06. The van der Waals surface area contributed by atoms with Crippen LogP contribution in [0.1, 0.15) is 30.0 Å². The Morgan fingerprint density at radius 1 is 1.53 bits per heavy atom. The summed E-state index contributed by atoms with van der Waals surface area (Å²) in [5.74, 6) is 0.236. The van der Waals surface area contributed by atoms with Crippen LogP contribution in [0.3, 0.4) is 0 Å². The van der Waals surface area contributed by atoms with Crippen LogP contribution in [-0.4, -0.2) is 10.0 Å². The first-order valence-corrected chi connectivity index (χ1v) is 5.24. The predicted octanol–water partition coefficient (Wildman–Crippen LogP) is 2.44. The van der Waals surface area contributed by atoms with Crippen LogP contribution >= 0.6 is 12.4 Å². The van der Waals surface area contributed by atoms with Gasteiger partial charge in [0.15, 0.2) is 0 Å². The summed E-state index contributed by atoms with van der Waals surface area (Å²) in [5, 5.41) is 20.8. The van der Waals surface area contributed by atoms with Gasteiger partial charge < -0.3 is 10.8 Å². The first-order chi connectivity index (χ1) is 7.52. The van der Waals surface area contributed by atoms with Crippen LogP contribution in [-0.2, 0) is 0 Å². The van der Waals surface area contributed by atoms with E-state index in [0.29, 0.717) is 5.56 Å². The van der Waals surface area contributed by atoms with Crippen molar-refractivity contribution in [1.29, 1.82) is 0 Å². The topological polar surface area (TPSA) is 89.4 Å². The molecule has 1 aliphatic rings. The zero-order chi connectivity index (χ0) is 11.9. The number of rotatable bonds is 3. The summed E-state index contributed by atoms with van der Waals surface area (Å²) in [6.45, 7) is 1.71. The fraction of sp³-hybridized carbons (Fsp3) is 0.455. The van der Waals surface area contributed by atoms with Crippen molar-refractivity contribution in [3.8, 4) is 5.75 Å². The smallest absolute Gasteiger partial charge is 0.277 e. The molecule has 17 heavy (non-hydrogen) atoms. The number of hydrogen-bond acceptors (Lipinski definition) is 4. The van der Waals surface area contributed by atoms with E-state index in [0.717, 1.165) is 12.8 Å². The SMILES string of the molecule is Cc1ccc([N+](=O)[O-])c([C@H](N)C2CC2)c1O.Cl. The molecule has 0 aromatic heterocycles. The quantitative estimate of drug-likeness (QED) is 0.644. The number of nitro benzene ring substituents is 1. The van der Waals surface area contributed by atoms with Crippen molar-refractivity contribution in [1.82, 2.24) is 0 Å². The summed E-state index contributed by atoms with van der Waals surface area (Å²) in [5.41, 5.74) is 6.77. The Balaban J connectivity index is 0.00000144. The van der Waals surface area contributed by atoms with Gasteiger partial charge in [-0.15, -0.1) is 12.4 Å². The van der Waals surface area contributed by atoms with Gasteiger partial charge in [-0.3, -0.25) is 10.1 Å². The highest BCUT2D eigenvalue weighted by Gasteiger charge is 2.35. The largest absolute Gasteiger partial charge is 0.507 e. The number of nitrogens with two attached hydrogens (primary N) is 1. The zero-order valence-corrected chi connectivity index (χ0v) is 10.2. The number of aryl methyl sites for hydroxylation is 1. The summed E-state index contributed by atoms with van der Waals surface area (Å²) in [6.07, 6.45) is 1.96. The first kappa shape index (κ1) is 13.7. The summed E-state index contributed by atoms with van der Waals surface area (Å²) < 4.78 is 0. The van der Waals surface area contributed by atoms with Crippen LogP contribution in [0.2, 0.25) is 0 Å². The normalized spacial score (nSPS) is 16.1. The molecule has 1 fully saturated rings. The van der Waals surface area contributed by atoms with Crippen molar-refractivity contribution in [3.05, 3.63) is 33.4 Å². The fourth-order valence-electron chi connectivity index (χ4n) is 1.89. The highest BCUT2D eigenvalue weighted by atomic mass is 35.5. The number of nitrogens with zero attached hydrogens (tertiary/aromatic N) is 1. The van der Waals surface area contributed by atoms with Crippen LogP contribution in [0, 0.1) is 23.0 Å². The Morgan fingerprint density at radius 3 is 2.59 bits per heavy atom. The molecular weight excluding hydrogens is 244 g/mol. The van der Waals surface area contributed by atoms with E-state index in [1.165, 1.54) is 12.1 Å². The Labute approximate surface area is 105 Å². The van der Waals surface area contributed by atoms with E-state index in [-0.39, 0.29) is 35.3 Å². The molecule has 0 heterocycles. The van der Waals surface area contributed by atoms with E-state index < -0.39 is 11.0 Å². The second kappa shape index (κ2) is 4.89. The number of aromatic hydroxyl groups is 1. The van der Waals surface area contributed by atoms with E-state index in [9.17, 15) is 15.2 Å². The van der Waals surface area contributed by atoms with Crippen LogP contribution in [0.5, 0.6) is 5.75 Å². The molecule has 94 valence electrons. The Hall–Kier alpha value is -1.33. The third-order valence-electron chi connectivity index (χ3n) is 3.06. The lowest BCUT2D eigenvalue weighted by molar-refractivity contribution is -0.385. The lowest BCUT2D eigenvalue weighted by Crippen LogP contribution is -2.15. The molecule has 3 N–H and O–H groups in total. The molecule has 0 spiro atoms. The Kier molecular flexibility index (Phi) is 3.95. The Morgan fingerprint density at radius 2 is 2.12 bits per heavy atom. The summed E-state index contributed by atoms with van der Waals surface area (Å²) >= 11 is 0. The summed E-state index contributed by atoms with van der Waals surface area (Å²) in [4.78, 5) is 10.4. The van der Waals surface area contributed by atoms with Crippen LogP contribution in [0.15, 0.2) is 12.1 Å². The molecular formula is C11H15ClN2O3. The molecule has 0 saturated heterocycles. The molecule has 5 nitrogen and oxygen atoms in total. The van der Waals surface area contributed by atoms with Crippen molar-refractivity contribution >= 4 is 18.1 Å². The van der Waals surface area contributed by atoms with Crippen molar-refractivity contribution in [2.24, 2.45) is 11.7 Å². The van der Waals surface area contributed by atoms with Crippen LogP contribution in [0.4, 0.5) is 5.69 Å². The minimum atomic E-state index is -0.489. The predicted molar refractivity (Wildman–Crippen MR) is 66.4 cm³/mol. The van der Waals surface area contributed by atoms with Gasteiger partial charge in [0.05, 0.1) is 10.5 Å². The van der Waals surface area contributed by atoms with Gasteiger partial charge in [0, 0.05) is 12.1 Å². The minimum Gasteiger partial charge on any atom is -0.507 e. The number of hydrogen-bond donors (Lipinski definition) is 2. The molecule has 0 unspecified atom stereocenters. The fourth-order valence-corrected chi connectivity index (χ4v) is 1.89. The van der Waals surface area contributed by atoms with Crippen molar-refractivity contribution in [3.63, 3.8) is 0 Å². The van der Waals surface area contributed by atoms with Gasteiger partial charge >= 0.3 is 0 Å². The first-order valence-electron chi connectivity index (χ1n) is 5.24. The molecule has 0 radical (unpaired) electrons. The van der Waals surface area contributed by atoms with E-state index in [1.807, 2.05) is 0 Å². The van der Waals surface area contributed by atoms with Gasteiger partial charge in [0.25, 0.3) is 5.69 Å². The Bertz CT molecular complexity index is 447. The van der Waals surface area contributed by atoms with Gasteiger partial charge in [0.1, 0.15) is 5.75 Å². The van der Waals surface area contributed by atoms with Crippen molar-refractivity contribution < 1.29 is 10.0 Å². The lowest BCUT2D eigenvalue weighted by Gasteiger charge is -2.14. The van der Waals surface area contributed by atoms with Crippen LogP contribution in [0.25, 0.3) is 0 Å². The van der Waals surface area contributed by atoms with Gasteiger partial charge in [-0.25, -0.2) is 0 Å². The number of phenols is 1. The maximum atomic E-state index is 10.9. The van der Waals surface area contributed by atoms with Gasteiger partial charge in [-0.1, -0.05) is 0 Å². The third kappa shape index (κ3) is 2.50. The maximum absolute atomic E-state index is 10.9. The number of phenolic OH excluding ortho intramolecular Hbond substituents is 1. The molecule has 1 aromatic carbocycles. The van der Waals surface area contributed by atoms with E-state index in [2.05, 4.69) is 0 Å². The molecule has 1 atom stereocenters. The monoisotopic (exact) mass is 258 g/mol. The minimum absolute atomic E-state index is 0. The molecule has 1 saturated carbocycles. The summed E-state index contributed by atoms with van der Waals surface area (Å²) in [6, 6.07) is 2.52. The molecule has 6 heteroatoms. The molecule has 0 bridgehead atoms. The average Bonchev–Trinajstić information content (AvgIpc) is 3.04. The number of benzene rings is 1.